The lowest BCUT2D eigenvalue weighted by Gasteiger charge is -2.09. The maximum atomic E-state index is 12.0. The van der Waals surface area contributed by atoms with E-state index < -0.39 is 0 Å². The molecule has 6 heteroatoms. The van der Waals surface area contributed by atoms with Crippen LogP contribution in [-0.4, -0.2) is 27.3 Å². The summed E-state index contributed by atoms with van der Waals surface area (Å²) in [6, 6.07) is 13.6. The second-order valence-electron chi connectivity index (χ2n) is 5.67. The molecule has 2 aromatic heterocycles. The van der Waals surface area contributed by atoms with Gasteiger partial charge in [-0.2, -0.15) is 5.10 Å². The number of ether oxygens (including phenoxy) is 1. The number of aryl methyl sites for hydroxylation is 1. The molecular weight excluding hydrogens is 316 g/mol. The van der Waals surface area contributed by atoms with Crippen LogP contribution < -0.4 is 5.32 Å². The Balaban J connectivity index is 1.52. The van der Waals surface area contributed by atoms with E-state index in [1.165, 1.54) is 0 Å². The first-order valence-corrected chi connectivity index (χ1v) is 8.03. The largest absolute Gasteiger partial charge is 0.367 e. The molecule has 0 saturated carbocycles. The van der Waals surface area contributed by atoms with Crippen molar-refractivity contribution in [2.24, 2.45) is 7.05 Å². The summed E-state index contributed by atoms with van der Waals surface area (Å²) in [5, 5.41) is 7.04. The summed E-state index contributed by atoms with van der Waals surface area (Å²) in [6.45, 7) is 0.838. The normalized spacial score (nSPS) is 10.6. The molecule has 0 unspecified atom stereocenters. The Kier molecular flexibility index (Phi) is 5.53. The van der Waals surface area contributed by atoms with Gasteiger partial charge >= 0.3 is 0 Å². The number of amides is 1. The van der Waals surface area contributed by atoms with Gasteiger partial charge in [0.25, 0.3) is 0 Å². The average molecular weight is 336 g/mol. The fraction of sp³-hybridized carbons (Fsp3) is 0.211. The number of nitrogens with zero attached hydrogens (tertiary/aromatic N) is 3. The van der Waals surface area contributed by atoms with Crippen molar-refractivity contribution in [3.05, 3.63) is 72.2 Å². The van der Waals surface area contributed by atoms with Crippen molar-refractivity contribution < 1.29 is 9.53 Å². The van der Waals surface area contributed by atoms with Gasteiger partial charge in [-0.1, -0.05) is 36.4 Å². The summed E-state index contributed by atoms with van der Waals surface area (Å²) in [6.07, 6.45) is 5.39. The van der Waals surface area contributed by atoms with Gasteiger partial charge in [-0.15, -0.1) is 0 Å². The van der Waals surface area contributed by atoms with Crippen LogP contribution in [0.2, 0.25) is 0 Å². The molecule has 3 aromatic rings. The number of carbonyl (C=O) groups is 1. The summed E-state index contributed by atoms with van der Waals surface area (Å²) in [5.74, 6) is -0.156. The molecule has 0 aliphatic heterocycles. The van der Waals surface area contributed by atoms with E-state index in [-0.39, 0.29) is 12.5 Å². The maximum absolute atomic E-state index is 12.0. The van der Waals surface area contributed by atoms with Crippen molar-refractivity contribution in [2.75, 3.05) is 6.61 Å². The maximum Gasteiger partial charge on any atom is 0.246 e. The Labute approximate surface area is 146 Å². The van der Waals surface area contributed by atoms with Crippen LogP contribution in [0.1, 0.15) is 11.1 Å². The van der Waals surface area contributed by atoms with Crippen LogP contribution in [0.4, 0.5) is 0 Å². The molecular formula is C19H20N4O2. The number of nitrogens with one attached hydrogen (secondary N) is 1. The molecule has 3 rings (SSSR count). The molecule has 0 aliphatic rings. The van der Waals surface area contributed by atoms with E-state index in [1.54, 1.807) is 17.1 Å². The fourth-order valence-electron chi connectivity index (χ4n) is 2.47. The zero-order valence-electron chi connectivity index (χ0n) is 14.1. The Morgan fingerprint density at radius 1 is 1.20 bits per heavy atom. The van der Waals surface area contributed by atoms with Crippen LogP contribution in [0.15, 0.2) is 61.1 Å². The Bertz CT molecular complexity index is 830. The number of pyridine rings is 1. The predicted molar refractivity (Wildman–Crippen MR) is 94.4 cm³/mol. The lowest BCUT2D eigenvalue weighted by Crippen LogP contribution is -2.27. The molecule has 0 fully saturated rings. The van der Waals surface area contributed by atoms with E-state index in [0.717, 1.165) is 22.4 Å². The highest BCUT2D eigenvalue weighted by Crippen LogP contribution is 2.20. The van der Waals surface area contributed by atoms with E-state index in [4.69, 9.17) is 4.74 Å². The molecule has 1 aromatic carbocycles. The van der Waals surface area contributed by atoms with Crippen molar-refractivity contribution in [3.63, 3.8) is 0 Å². The highest BCUT2D eigenvalue weighted by atomic mass is 16.5. The Morgan fingerprint density at radius 2 is 2.04 bits per heavy atom. The lowest BCUT2D eigenvalue weighted by molar-refractivity contribution is -0.126. The van der Waals surface area contributed by atoms with Crippen molar-refractivity contribution >= 4 is 5.91 Å². The van der Waals surface area contributed by atoms with Gasteiger partial charge < -0.3 is 10.1 Å². The second-order valence-corrected chi connectivity index (χ2v) is 5.67. The summed E-state index contributed by atoms with van der Waals surface area (Å²) in [7, 11) is 1.86. The molecule has 1 N–H and O–H groups in total. The molecule has 6 nitrogen and oxygen atoms in total. The number of rotatable bonds is 7. The van der Waals surface area contributed by atoms with Gasteiger partial charge in [0.05, 0.1) is 18.5 Å². The smallest absolute Gasteiger partial charge is 0.246 e. The standard InChI is InChI=1S/C19H20N4O2/c1-23-12-17(11-22-23)19-16(8-5-9-20-19)10-21-18(24)14-25-13-15-6-3-2-4-7-15/h2-9,11-12H,10,13-14H2,1H3,(H,21,24). The second kappa shape index (κ2) is 8.21. The van der Waals surface area contributed by atoms with Gasteiger partial charge in [0.1, 0.15) is 6.61 Å². The molecule has 2 heterocycles. The van der Waals surface area contributed by atoms with E-state index in [2.05, 4.69) is 15.4 Å². The lowest BCUT2D eigenvalue weighted by atomic mass is 10.1. The van der Waals surface area contributed by atoms with Crippen LogP contribution in [0.25, 0.3) is 11.3 Å². The molecule has 0 atom stereocenters. The van der Waals surface area contributed by atoms with Crippen molar-refractivity contribution in [3.8, 4) is 11.3 Å². The van der Waals surface area contributed by atoms with E-state index >= 15 is 0 Å². The minimum absolute atomic E-state index is 0.0252. The zero-order valence-corrected chi connectivity index (χ0v) is 14.1. The SMILES string of the molecule is Cn1cc(-c2ncccc2CNC(=O)COCc2ccccc2)cn1. The van der Waals surface area contributed by atoms with Crippen LogP contribution >= 0.6 is 0 Å². The van der Waals surface area contributed by atoms with E-state index in [1.807, 2.05) is 55.7 Å². The first-order valence-electron chi connectivity index (χ1n) is 8.03. The number of benzene rings is 1. The summed E-state index contributed by atoms with van der Waals surface area (Å²) >= 11 is 0. The number of hydrogen-bond acceptors (Lipinski definition) is 4. The van der Waals surface area contributed by atoms with E-state index in [0.29, 0.717) is 13.2 Å². The fourth-order valence-corrected chi connectivity index (χ4v) is 2.47. The summed E-state index contributed by atoms with van der Waals surface area (Å²) in [4.78, 5) is 16.4. The van der Waals surface area contributed by atoms with Gasteiger partial charge in [0, 0.05) is 31.5 Å². The molecule has 0 bridgehead atoms. The Hall–Kier alpha value is -2.99. The predicted octanol–water partition coefficient (Wildman–Crippen LogP) is 2.32. The molecule has 0 radical (unpaired) electrons. The van der Waals surface area contributed by atoms with E-state index in [9.17, 15) is 4.79 Å². The van der Waals surface area contributed by atoms with Crippen molar-refractivity contribution in [1.29, 1.82) is 0 Å². The van der Waals surface area contributed by atoms with Crippen LogP contribution in [0.3, 0.4) is 0 Å². The number of hydrogen-bond donors (Lipinski definition) is 1. The monoisotopic (exact) mass is 336 g/mol. The van der Waals surface area contributed by atoms with Crippen LogP contribution in [0.5, 0.6) is 0 Å². The third-order valence-corrected chi connectivity index (χ3v) is 3.69. The molecule has 128 valence electrons. The third-order valence-electron chi connectivity index (χ3n) is 3.69. The molecule has 0 saturated heterocycles. The first-order chi connectivity index (χ1) is 12.2. The summed E-state index contributed by atoms with van der Waals surface area (Å²) < 4.78 is 7.17. The highest BCUT2D eigenvalue weighted by Gasteiger charge is 2.09. The van der Waals surface area contributed by atoms with Crippen molar-refractivity contribution in [1.82, 2.24) is 20.1 Å². The number of carbonyl (C=O) groups excluding carboxylic acids is 1. The first kappa shape index (κ1) is 16.9. The topological polar surface area (TPSA) is 69.0 Å². The Morgan fingerprint density at radius 3 is 2.80 bits per heavy atom. The minimum Gasteiger partial charge on any atom is -0.367 e. The van der Waals surface area contributed by atoms with Crippen LogP contribution in [0, 0.1) is 0 Å². The zero-order chi connectivity index (χ0) is 17.5. The van der Waals surface area contributed by atoms with Gasteiger partial charge in [-0.05, 0) is 17.2 Å². The third kappa shape index (κ3) is 4.74. The van der Waals surface area contributed by atoms with Gasteiger partial charge in [-0.3, -0.25) is 14.5 Å². The molecule has 25 heavy (non-hydrogen) atoms. The average Bonchev–Trinajstić information content (AvgIpc) is 3.07. The molecule has 0 aliphatic carbocycles. The highest BCUT2D eigenvalue weighted by molar-refractivity contribution is 5.77. The quantitative estimate of drug-likeness (QED) is 0.719. The molecule has 1 amide bonds. The minimum atomic E-state index is -0.156. The summed E-state index contributed by atoms with van der Waals surface area (Å²) in [5.41, 5.74) is 3.72. The van der Waals surface area contributed by atoms with Gasteiger partial charge in [0.15, 0.2) is 0 Å². The van der Waals surface area contributed by atoms with Gasteiger partial charge in [-0.25, -0.2) is 0 Å². The van der Waals surface area contributed by atoms with Gasteiger partial charge in [0.2, 0.25) is 5.91 Å². The van der Waals surface area contributed by atoms with Crippen LogP contribution in [-0.2, 0) is 29.7 Å². The number of aromatic nitrogens is 3. The van der Waals surface area contributed by atoms with Crippen molar-refractivity contribution in [2.45, 2.75) is 13.2 Å². The molecule has 0 spiro atoms.